The van der Waals surface area contributed by atoms with E-state index in [-0.39, 0.29) is 23.7 Å². The van der Waals surface area contributed by atoms with Gasteiger partial charge in [-0.1, -0.05) is 26.0 Å². The quantitative estimate of drug-likeness (QED) is 0.475. The second-order valence-electron chi connectivity index (χ2n) is 5.44. The van der Waals surface area contributed by atoms with Crippen LogP contribution in [0.25, 0.3) is 0 Å². The Bertz CT molecular complexity index is 485. The molecule has 21 heavy (non-hydrogen) atoms. The van der Waals surface area contributed by atoms with E-state index >= 15 is 0 Å². The molecule has 1 rings (SSSR count). The average molecular weight is 294 g/mol. The van der Waals surface area contributed by atoms with Crippen LogP contribution in [0.4, 0.5) is 5.69 Å². The molecular formula is C15H22N2O4. The molecule has 1 aromatic carbocycles. The number of ether oxygens (including phenoxy) is 1. The van der Waals surface area contributed by atoms with Gasteiger partial charge in [-0.15, -0.1) is 0 Å². The van der Waals surface area contributed by atoms with Crippen molar-refractivity contribution in [2.24, 2.45) is 5.92 Å². The van der Waals surface area contributed by atoms with Crippen molar-refractivity contribution in [1.29, 1.82) is 0 Å². The standard InChI is InChI=1S/C15H22N2O4/c1-10(2)9-14(15(18)21-4)16-11(3)12-5-7-13(8-6-12)17(19)20/h5-8,10-11,14,16H,9H2,1-4H3. The molecule has 2 atom stereocenters. The van der Waals surface area contributed by atoms with Crippen molar-refractivity contribution >= 4 is 11.7 Å². The number of nitro groups is 1. The highest BCUT2D eigenvalue weighted by atomic mass is 16.6. The highest BCUT2D eigenvalue weighted by Gasteiger charge is 2.22. The Balaban J connectivity index is 2.78. The average Bonchev–Trinajstić information content (AvgIpc) is 2.45. The van der Waals surface area contributed by atoms with Crippen molar-refractivity contribution in [3.8, 4) is 0 Å². The van der Waals surface area contributed by atoms with Gasteiger partial charge in [0.05, 0.1) is 12.0 Å². The lowest BCUT2D eigenvalue weighted by molar-refractivity contribution is -0.384. The minimum atomic E-state index is -0.433. The van der Waals surface area contributed by atoms with E-state index in [2.05, 4.69) is 5.32 Å². The minimum Gasteiger partial charge on any atom is -0.468 e. The number of esters is 1. The third-order valence-electron chi connectivity index (χ3n) is 3.25. The predicted octanol–water partition coefficient (Wildman–Crippen LogP) is 2.83. The molecule has 0 aromatic heterocycles. The molecule has 6 heteroatoms. The summed E-state index contributed by atoms with van der Waals surface area (Å²) in [5.74, 6) is 0.0584. The number of nitrogens with zero attached hydrogens (tertiary/aromatic N) is 1. The molecule has 0 radical (unpaired) electrons. The minimum absolute atomic E-state index is 0.0534. The summed E-state index contributed by atoms with van der Waals surface area (Å²) in [6.07, 6.45) is 0.671. The van der Waals surface area contributed by atoms with Crippen molar-refractivity contribution in [2.75, 3.05) is 7.11 Å². The fraction of sp³-hybridized carbons (Fsp3) is 0.533. The third kappa shape index (κ3) is 5.15. The van der Waals surface area contributed by atoms with Gasteiger partial charge in [0.15, 0.2) is 0 Å². The summed E-state index contributed by atoms with van der Waals surface area (Å²) in [7, 11) is 1.37. The van der Waals surface area contributed by atoms with Gasteiger partial charge in [0, 0.05) is 18.2 Å². The maximum absolute atomic E-state index is 11.8. The molecule has 0 heterocycles. The summed E-state index contributed by atoms with van der Waals surface area (Å²) >= 11 is 0. The van der Waals surface area contributed by atoms with E-state index in [0.29, 0.717) is 12.3 Å². The summed E-state index contributed by atoms with van der Waals surface area (Å²) in [5, 5.41) is 13.9. The topological polar surface area (TPSA) is 81.5 Å². The first kappa shape index (κ1) is 17.1. The zero-order chi connectivity index (χ0) is 16.0. The molecule has 0 aliphatic carbocycles. The number of methoxy groups -OCH3 is 1. The maximum atomic E-state index is 11.8. The number of non-ortho nitro benzene ring substituents is 1. The number of carbonyl (C=O) groups excluding carboxylic acids is 1. The zero-order valence-corrected chi connectivity index (χ0v) is 12.8. The smallest absolute Gasteiger partial charge is 0.322 e. The van der Waals surface area contributed by atoms with Gasteiger partial charge in [0.25, 0.3) is 5.69 Å². The molecule has 0 saturated heterocycles. The van der Waals surface area contributed by atoms with Crippen LogP contribution in [0.1, 0.15) is 38.8 Å². The monoisotopic (exact) mass is 294 g/mol. The van der Waals surface area contributed by atoms with Crippen LogP contribution in [0, 0.1) is 16.0 Å². The van der Waals surface area contributed by atoms with Crippen molar-refractivity contribution in [2.45, 2.75) is 39.3 Å². The third-order valence-corrected chi connectivity index (χ3v) is 3.25. The van der Waals surface area contributed by atoms with E-state index in [4.69, 9.17) is 4.74 Å². The van der Waals surface area contributed by atoms with Crippen molar-refractivity contribution < 1.29 is 14.5 Å². The number of nitrogens with one attached hydrogen (secondary N) is 1. The Kier molecular flexibility index (Phi) is 6.30. The number of carbonyl (C=O) groups is 1. The van der Waals surface area contributed by atoms with Crippen LogP contribution >= 0.6 is 0 Å². The Morgan fingerprint density at radius 3 is 2.29 bits per heavy atom. The van der Waals surface area contributed by atoms with E-state index in [1.165, 1.54) is 19.2 Å². The molecule has 0 bridgehead atoms. The van der Waals surface area contributed by atoms with Gasteiger partial charge >= 0.3 is 5.97 Å². The van der Waals surface area contributed by atoms with Gasteiger partial charge in [-0.25, -0.2) is 0 Å². The zero-order valence-electron chi connectivity index (χ0n) is 12.8. The summed E-state index contributed by atoms with van der Waals surface area (Å²) in [6, 6.07) is 5.82. The van der Waals surface area contributed by atoms with Crippen LogP contribution < -0.4 is 5.32 Å². The van der Waals surface area contributed by atoms with E-state index in [1.54, 1.807) is 12.1 Å². The number of rotatable bonds is 7. The first-order chi connectivity index (χ1) is 9.85. The summed E-state index contributed by atoms with van der Waals surface area (Å²) in [4.78, 5) is 22.0. The van der Waals surface area contributed by atoms with Crippen LogP contribution in [0.5, 0.6) is 0 Å². The van der Waals surface area contributed by atoms with E-state index in [0.717, 1.165) is 5.56 Å². The Hall–Kier alpha value is -1.95. The molecule has 0 amide bonds. The van der Waals surface area contributed by atoms with Crippen LogP contribution in [-0.4, -0.2) is 24.0 Å². The van der Waals surface area contributed by atoms with Gasteiger partial charge in [-0.2, -0.15) is 0 Å². The van der Waals surface area contributed by atoms with Crippen LogP contribution in [0.15, 0.2) is 24.3 Å². The maximum Gasteiger partial charge on any atom is 0.322 e. The predicted molar refractivity (Wildman–Crippen MR) is 79.9 cm³/mol. The van der Waals surface area contributed by atoms with Crippen LogP contribution in [-0.2, 0) is 9.53 Å². The second kappa shape index (κ2) is 7.73. The van der Waals surface area contributed by atoms with Crippen molar-refractivity contribution in [3.05, 3.63) is 39.9 Å². The van der Waals surface area contributed by atoms with Crippen LogP contribution in [0.2, 0.25) is 0 Å². The van der Waals surface area contributed by atoms with E-state index in [1.807, 2.05) is 20.8 Å². The molecule has 0 aliphatic rings. The van der Waals surface area contributed by atoms with E-state index in [9.17, 15) is 14.9 Å². The number of benzene rings is 1. The highest BCUT2D eigenvalue weighted by Crippen LogP contribution is 2.19. The highest BCUT2D eigenvalue weighted by molar-refractivity contribution is 5.75. The first-order valence-electron chi connectivity index (χ1n) is 6.93. The molecule has 6 nitrogen and oxygen atoms in total. The number of hydrogen-bond donors (Lipinski definition) is 1. The van der Waals surface area contributed by atoms with Gasteiger partial charge in [0.1, 0.15) is 6.04 Å². The molecular weight excluding hydrogens is 272 g/mol. The summed E-state index contributed by atoms with van der Waals surface area (Å²) in [5.41, 5.74) is 0.941. The molecule has 116 valence electrons. The van der Waals surface area contributed by atoms with Gasteiger partial charge in [-0.05, 0) is 24.8 Å². The Morgan fingerprint density at radius 1 is 1.29 bits per heavy atom. The van der Waals surface area contributed by atoms with Gasteiger partial charge in [-0.3, -0.25) is 20.2 Å². The number of nitro benzene ring substituents is 1. The number of hydrogen-bond acceptors (Lipinski definition) is 5. The second-order valence-corrected chi connectivity index (χ2v) is 5.44. The first-order valence-corrected chi connectivity index (χ1v) is 6.93. The van der Waals surface area contributed by atoms with Crippen molar-refractivity contribution in [1.82, 2.24) is 5.32 Å². The molecule has 0 spiro atoms. The molecule has 1 N–H and O–H groups in total. The van der Waals surface area contributed by atoms with Gasteiger partial charge in [0.2, 0.25) is 0 Å². The Labute approximate surface area is 124 Å². The molecule has 0 fully saturated rings. The van der Waals surface area contributed by atoms with Crippen molar-refractivity contribution in [3.63, 3.8) is 0 Å². The molecule has 0 aliphatic heterocycles. The lowest BCUT2D eigenvalue weighted by Gasteiger charge is -2.23. The summed E-state index contributed by atoms with van der Waals surface area (Å²) < 4.78 is 4.81. The molecule has 0 saturated carbocycles. The van der Waals surface area contributed by atoms with Crippen LogP contribution in [0.3, 0.4) is 0 Å². The van der Waals surface area contributed by atoms with Gasteiger partial charge < -0.3 is 4.74 Å². The molecule has 1 aromatic rings. The molecule has 2 unspecified atom stereocenters. The summed E-state index contributed by atoms with van der Waals surface area (Å²) in [6.45, 7) is 5.99. The Morgan fingerprint density at radius 2 is 1.86 bits per heavy atom. The van der Waals surface area contributed by atoms with E-state index < -0.39 is 4.92 Å². The SMILES string of the molecule is COC(=O)C(CC(C)C)NC(C)c1ccc([N+](=O)[O-])cc1. The fourth-order valence-electron chi connectivity index (χ4n) is 2.13. The lowest BCUT2D eigenvalue weighted by atomic mass is 10.0. The normalized spacial score (nSPS) is 13.8. The lowest BCUT2D eigenvalue weighted by Crippen LogP contribution is -2.40. The largest absolute Gasteiger partial charge is 0.468 e. The fourth-order valence-corrected chi connectivity index (χ4v) is 2.13.